The average Bonchev–Trinajstić information content (AvgIpc) is 3.31. The lowest BCUT2D eigenvalue weighted by Gasteiger charge is -2.28. The molecule has 5 nitrogen and oxygen atoms in total. The summed E-state index contributed by atoms with van der Waals surface area (Å²) in [5.74, 6) is -1.91. The van der Waals surface area contributed by atoms with Gasteiger partial charge in [-0.05, 0) is 53.9 Å². The second kappa shape index (κ2) is 7.63. The fourth-order valence-corrected chi connectivity index (χ4v) is 4.35. The van der Waals surface area contributed by atoms with Crippen LogP contribution in [0.5, 0.6) is 0 Å². The number of hydrogen-bond donors (Lipinski definition) is 0. The maximum atomic E-state index is 13.5. The lowest BCUT2D eigenvalue weighted by atomic mass is 9.90. The standard InChI is InChI=1S/C25H21FN2O3/c1-2-16-8-10-17(11-9-16)22-21-23(31-28(22)20-6-4-3-5-7-20)25(30)27(24(21)29)19-14-12-18(26)13-15-19/h3-15,21-23H,2H2,1H3/t21-,22+,23-/m1/s1. The number of carbonyl (C=O) groups excluding carboxylic acids is 2. The number of rotatable bonds is 4. The van der Waals surface area contributed by atoms with E-state index in [2.05, 4.69) is 6.92 Å². The van der Waals surface area contributed by atoms with Crippen molar-refractivity contribution in [3.63, 3.8) is 0 Å². The second-order valence-corrected chi connectivity index (χ2v) is 7.74. The van der Waals surface area contributed by atoms with Crippen LogP contribution in [0.2, 0.25) is 0 Å². The fraction of sp³-hybridized carbons (Fsp3) is 0.200. The Labute approximate surface area is 179 Å². The molecule has 2 aliphatic rings. The first-order valence-corrected chi connectivity index (χ1v) is 10.3. The Hall–Kier alpha value is -3.51. The van der Waals surface area contributed by atoms with E-state index in [9.17, 15) is 14.0 Å². The first kappa shape index (κ1) is 19.5. The molecule has 2 heterocycles. The highest BCUT2D eigenvalue weighted by Gasteiger charge is 2.60. The van der Waals surface area contributed by atoms with Gasteiger partial charge in [-0.15, -0.1) is 0 Å². The molecule has 156 valence electrons. The fourth-order valence-electron chi connectivity index (χ4n) is 4.35. The van der Waals surface area contributed by atoms with Crippen molar-refractivity contribution < 1.29 is 18.8 Å². The van der Waals surface area contributed by atoms with Crippen molar-refractivity contribution >= 4 is 23.2 Å². The Morgan fingerprint density at radius 3 is 2.16 bits per heavy atom. The largest absolute Gasteiger partial charge is 0.273 e. The lowest BCUT2D eigenvalue weighted by Crippen LogP contribution is -2.37. The summed E-state index contributed by atoms with van der Waals surface area (Å²) in [6.45, 7) is 2.08. The molecule has 0 saturated carbocycles. The van der Waals surface area contributed by atoms with Crippen LogP contribution >= 0.6 is 0 Å². The van der Waals surface area contributed by atoms with Gasteiger partial charge in [-0.2, -0.15) is 0 Å². The summed E-state index contributed by atoms with van der Waals surface area (Å²) >= 11 is 0. The van der Waals surface area contributed by atoms with E-state index >= 15 is 0 Å². The molecule has 2 amide bonds. The van der Waals surface area contributed by atoms with Crippen molar-refractivity contribution in [2.75, 3.05) is 9.96 Å². The van der Waals surface area contributed by atoms with Gasteiger partial charge in [0.05, 0.1) is 17.4 Å². The summed E-state index contributed by atoms with van der Waals surface area (Å²) in [4.78, 5) is 33.9. The van der Waals surface area contributed by atoms with Gasteiger partial charge in [-0.3, -0.25) is 14.4 Å². The van der Waals surface area contributed by atoms with Gasteiger partial charge in [0, 0.05) is 0 Å². The summed E-state index contributed by atoms with van der Waals surface area (Å²) < 4.78 is 13.4. The molecule has 0 spiro atoms. The van der Waals surface area contributed by atoms with E-state index < -0.39 is 29.8 Å². The Morgan fingerprint density at radius 1 is 0.839 bits per heavy atom. The SMILES string of the molecule is CCc1ccc([C@H]2[C@H]3C(=O)N(c4ccc(F)cc4)C(=O)[C@@H]3ON2c2ccccc2)cc1. The summed E-state index contributed by atoms with van der Waals surface area (Å²) in [6.07, 6.45) is -0.0281. The number of nitrogens with zero attached hydrogens (tertiary/aromatic N) is 2. The van der Waals surface area contributed by atoms with Crippen molar-refractivity contribution in [2.45, 2.75) is 25.5 Å². The van der Waals surface area contributed by atoms with Crippen LogP contribution in [-0.2, 0) is 20.8 Å². The van der Waals surface area contributed by atoms with Crippen LogP contribution < -0.4 is 9.96 Å². The maximum Gasteiger partial charge on any atom is 0.266 e. The van der Waals surface area contributed by atoms with Gasteiger partial charge in [0.2, 0.25) is 5.91 Å². The van der Waals surface area contributed by atoms with E-state index in [1.54, 1.807) is 5.06 Å². The molecule has 0 radical (unpaired) electrons. The number of imide groups is 1. The maximum absolute atomic E-state index is 13.5. The van der Waals surface area contributed by atoms with Crippen molar-refractivity contribution in [3.8, 4) is 0 Å². The van der Waals surface area contributed by atoms with Crippen LogP contribution in [0.4, 0.5) is 15.8 Å². The molecule has 31 heavy (non-hydrogen) atoms. The minimum Gasteiger partial charge on any atom is -0.273 e. The van der Waals surface area contributed by atoms with E-state index in [1.807, 2.05) is 54.6 Å². The first-order chi connectivity index (χ1) is 15.1. The van der Waals surface area contributed by atoms with Gasteiger partial charge in [-0.1, -0.05) is 49.4 Å². The number of hydroxylamine groups is 1. The van der Waals surface area contributed by atoms with Crippen LogP contribution in [0.1, 0.15) is 24.1 Å². The molecule has 3 atom stereocenters. The molecule has 0 aliphatic carbocycles. The average molecular weight is 416 g/mol. The topological polar surface area (TPSA) is 49.9 Å². The van der Waals surface area contributed by atoms with Crippen LogP contribution in [-0.4, -0.2) is 17.9 Å². The monoisotopic (exact) mass is 416 g/mol. The summed E-state index contributed by atoms with van der Waals surface area (Å²) in [6, 6.07) is 22.4. The van der Waals surface area contributed by atoms with E-state index in [0.717, 1.165) is 22.6 Å². The molecule has 3 aromatic carbocycles. The Balaban J connectivity index is 1.57. The highest BCUT2D eigenvalue weighted by molar-refractivity contribution is 6.23. The van der Waals surface area contributed by atoms with E-state index in [1.165, 1.54) is 29.8 Å². The molecule has 6 heteroatoms. The third-order valence-corrected chi connectivity index (χ3v) is 5.94. The molecule has 0 bridgehead atoms. The normalized spacial score (nSPS) is 22.8. The molecule has 0 N–H and O–H groups in total. The molecule has 3 aromatic rings. The molecule has 5 rings (SSSR count). The third kappa shape index (κ3) is 3.20. The van der Waals surface area contributed by atoms with Crippen LogP contribution in [0.3, 0.4) is 0 Å². The number of anilines is 2. The van der Waals surface area contributed by atoms with Gasteiger partial charge in [0.25, 0.3) is 5.91 Å². The van der Waals surface area contributed by atoms with E-state index in [-0.39, 0.29) is 5.91 Å². The molecule has 0 aromatic heterocycles. The van der Waals surface area contributed by atoms with Gasteiger partial charge in [-0.25, -0.2) is 14.4 Å². The van der Waals surface area contributed by atoms with Crippen molar-refractivity contribution in [3.05, 3.63) is 95.8 Å². The predicted octanol–water partition coefficient (Wildman–Crippen LogP) is 4.44. The zero-order valence-corrected chi connectivity index (χ0v) is 16.9. The minimum absolute atomic E-state index is 0.343. The number of amides is 2. The van der Waals surface area contributed by atoms with Gasteiger partial charge in [0.15, 0.2) is 6.10 Å². The van der Waals surface area contributed by atoms with Crippen molar-refractivity contribution in [1.29, 1.82) is 0 Å². The highest BCUT2D eigenvalue weighted by atomic mass is 19.1. The van der Waals surface area contributed by atoms with Crippen LogP contribution in [0, 0.1) is 11.7 Å². The molecule has 2 fully saturated rings. The third-order valence-electron chi connectivity index (χ3n) is 5.94. The molecule has 2 aliphatic heterocycles. The quantitative estimate of drug-likeness (QED) is 0.590. The Bertz CT molecular complexity index is 1120. The molecular weight excluding hydrogens is 395 g/mol. The predicted molar refractivity (Wildman–Crippen MR) is 115 cm³/mol. The van der Waals surface area contributed by atoms with Crippen LogP contribution in [0.15, 0.2) is 78.9 Å². The zero-order chi connectivity index (χ0) is 21.5. The number of benzene rings is 3. The smallest absolute Gasteiger partial charge is 0.266 e. The molecular formula is C25H21FN2O3. The molecule has 2 saturated heterocycles. The number of halogens is 1. The number of hydrogen-bond acceptors (Lipinski definition) is 4. The molecule has 0 unspecified atom stereocenters. The number of aryl methyl sites for hydroxylation is 1. The second-order valence-electron chi connectivity index (χ2n) is 7.74. The Morgan fingerprint density at radius 2 is 1.52 bits per heavy atom. The summed E-state index contributed by atoms with van der Waals surface area (Å²) in [5.41, 5.74) is 3.21. The van der Waals surface area contributed by atoms with Crippen molar-refractivity contribution in [2.24, 2.45) is 5.92 Å². The summed E-state index contributed by atoms with van der Waals surface area (Å²) in [7, 11) is 0. The lowest BCUT2D eigenvalue weighted by molar-refractivity contribution is -0.126. The van der Waals surface area contributed by atoms with Gasteiger partial charge in [0.1, 0.15) is 11.7 Å². The minimum atomic E-state index is -0.936. The number of para-hydroxylation sites is 1. The van der Waals surface area contributed by atoms with Gasteiger partial charge >= 0.3 is 0 Å². The van der Waals surface area contributed by atoms with Crippen LogP contribution in [0.25, 0.3) is 0 Å². The number of carbonyl (C=O) groups is 2. The first-order valence-electron chi connectivity index (χ1n) is 10.3. The Kier molecular flexibility index (Phi) is 4.79. The van der Waals surface area contributed by atoms with E-state index in [4.69, 9.17) is 4.84 Å². The van der Waals surface area contributed by atoms with Crippen molar-refractivity contribution in [1.82, 2.24) is 0 Å². The zero-order valence-electron chi connectivity index (χ0n) is 16.9. The number of fused-ring (bicyclic) bond motifs is 1. The highest BCUT2D eigenvalue weighted by Crippen LogP contribution is 2.47. The van der Waals surface area contributed by atoms with E-state index in [0.29, 0.717) is 5.69 Å². The van der Waals surface area contributed by atoms with Gasteiger partial charge < -0.3 is 0 Å². The summed E-state index contributed by atoms with van der Waals surface area (Å²) in [5, 5.41) is 1.67.